The summed E-state index contributed by atoms with van der Waals surface area (Å²) in [6, 6.07) is 2.32. The third kappa shape index (κ3) is 2.40. The highest BCUT2D eigenvalue weighted by atomic mass is 35.5. The van der Waals surface area contributed by atoms with Crippen molar-refractivity contribution in [1.82, 2.24) is 9.55 Å². The SMILES string of the molecule is COC(=O)Cn1c(C(C)Cl)nc2ccc(F)c(F)c21. The van der Waals surface area contributed by atoms with Gasteiger partial charge in [0.05, 0.1) is 18.0 Å². The maximum atomic E-state index is 13.9. The lowest BCUT2D eigenvalue weighted by Crippen LogP contribution is -2.15. The van der Waals surface area contributed by atoms with E-state index in [-0.39, 0.29) is 23.4 Å². The van der Waals surface area contributed by atoms with Gasteiger partial charge in [-0.25, -0.2) is 13.8 Å². The maximum Gasteiger partial charge on any atom is 0.325 e. The number of aromatic nitrogens is 2. The molecule has 2 aromatic rings. The van der Waals surface area contributed by atoms with Crippen LogP contribution in [0.15, 0.2) is 12.1 Å². The number of nitrogens with zero attached hydrogens (tertiary/aromatic N) is 2. The number of rotatable bonds is 3. The van der Waals surface area contributed by atoms with Gasteiger partial charge in [-0.2, -0.15) is 0 Å². The fourth-order valence-electron chi connectivity index (χ4n) is 1.83. The molecule has 0 saturated heterocycles. The monoisotopic (exact) mass is 288 g/mol. The summed E-state index contributed by atoms with van der Waals surface area (Å²) in [5, 5.41) is -0.556. The molecule has 0 N–H and O–H groups in total. The number of methoxy groups -OCH3 is 1. The number of ether oxygens (including phenoxy) is 1. The Morgan fingerprint density at radius 3 is 2.79 bits per heavy atom. The van der Waals surface area contributed by atoms with Crippen LogP contribution in [0.5, 0.6) is 0 Å². The smallest absolute Gasteiger partial charge is 0.325 e. The van der Waals surface area contributed by atoms with Gasteiger partial charge in [0.15, 0.2) is 11.6 Å². The average Bonchev–Trinajstić information content (AvgIpc) is 2.73. The highest BCUT2D eigenvalue weighted by Gasteiger charge is 2.21. The zero-order valence-corrected chi connectivity index (χ0v) is 11.0. The lowest BCUT2D eigenvalue weighted by Gasteiger charge is -2.09. The Morgan fingerprint density at radius 2 is 2.21 bits per heavy atom. The summed E-state index contributed by atoms with van der Waals surface area (Å²) >= 11 is 5.95. The van der Waals surface area contributed by atoms with Crippen molar-refractivity contribution >= 4 is 28.6 Å². The second kappa shape index (κ2) is 5.13. The predicted octanol–water partition coefficient (Wildman–Crippen LogP) is 2.79. The molecule has 0 bridgehead atoms. The lowest BCUT2D eigenvalue weighted by atomic mass is 10.3. The van der Waals surface area contributed by atoms with E-state index in [1.807, 2.05) is 0 Å². The number of hydrogen-bond donors (Lipinski definition) is 0. The van der Waals surface area contributed by atoms with Gasteiger partial charge in [-0.1, -0.05) is 0 Å². The first-order valence-electron chi connectivity index (χ1n) is 5.50. The van der Waals surface area contributed by atoms with E-state index in [1.54, 1.807) is 6.92 Å². The van der Waals surface area contributed by atoms with Gasteiger partial charge in [0.1, 0.15) is 17.9 Å². The molecule has 2 rings (SSSR count). The first-order valence-corrected chi connectivity index (χ1v) is 5.94. The second-order valence-electron chi connectivity index (χ2n) is 3.98. The zero-order chi connectivity index (χ0) is 14.2. The highest BCUT2D eigenvalue weighted by Crippen LogP contribution is 2.27. The summed E-state index contributed by atoms with van der Waals surface area (Å²) in [7, 11) is 1.21. The number of fused-ring (bicyclic) bond motifs is 1. The summed E-state index contributed by atoms with van der Waals surface area (Å²) in [5.41, 5.74) is 0.151. The highest BCUT2D eigenvalue weighted by molar-refractivity contribution is 6.20. The first-order chi connectivity index (χ1) is 8.95. The van der Waals surface area contributed by atoms with Crippen molar-refractivity contribution in [2.45, 2.75) is 18.8 Å². The molecule has 4 nitrogen and oxygen atoms in total. The molecule has 1 aromatic carbocycles. The van der Waals surface area contributed by atoms with E-state index in [9.17, 15) is 13.6 Å². The Hall–Kier alpha value is -1.69. The van der Waals surface area contributed by atoms with Crippen LogP contribution < -0.4 is 0 Å². The molecular formula is C12H11ClF2N2O2. The summed E-state index contributed by atoms with van der Waals surface area (Å²) in [6.45, 7) is 1.35. The Labute approximate surface area is 112 Å². The molecule has 1 heterocycles. The molecule has 0 aliphatic carbocycles. The summed E-state index contributed by atoms with van der Waals surface area (Å²) in [6.07, 6.45) is 0. The molecule has 0 amide bonds. The van der Waals surface area contributed by atoms with E-state index in [2.05, 4.69) is 9.72 Å². The molecule has 1 atom stereocenters. The van der Waals surface area contributed by atoms with Crippen LogP contribution in [-0.2, 0) is 16.1 Å². The molecule has 0 aliphatic rings. The van der Waals surface area contributed by atoms with Crippen molar-refractivity contribution in [1.29, 1.82) is 0 Å². The number of halogens is 3. The molecule has 0 fully saturated rings. The minimum absolute atomic E-state index is 0.0899. The number of esters is 1. The van der Waals surface area contributed by atoms with Crippen molar-refractivity contribution in [3.05, 3.63) is 29.6 Å². The fraction of sp³-hybridized carbons (Fsp3) is 0.333. The predicted molar refractivity (Wildman–Crippen MR) is 65.9 cm³/mol. The molecule has 19 heavy (non-hydrogen) atoms. The number of alkyl halides is 1. The molecule has 0 aliphatic heterocycles. The second-order valence-corrected chi connectivity index (χ2v) is 4.63. The Balaban J connectivity index is 2.71. The first kappa shape index (κ1) is 13.7. The molecule has 0 saturated carbocycles. The fourth-order valence-corrected chi connectivity index (χ4v) is 2.00. The van der Waals surface area contributed by atoms with Gasteiger partial charge < -0.3 is 9.30 Å². The average molecular weight is 289 g/mol. The molecule has 1 unspecified atom stereocenters. The molecule has 0 spiro atoms. The van der Waals surface area contributed by atoms with Gasteiger partial charge in [-0.05, 0) is 19.1 Å². The van der Waals surface area contributed by atoms with Gasteiger partial charge in [0.2, 0.25) is 0 Å². The number of hydrogen-bond acceptors (Lipinski definition) is 3. The molecular weight excluding hydrogens is 278 g/mol. The Bertz CT molecular complexity index is 640. The number of carbonyl (C=O) groups excluding carboxylic acids is 1. The Morgan fingerprint density at radius 1 is 1.53 bits per heavy atom. The Kier molecular flexibility index (Phi) is 3.71. The molecule has 7 heteroatoms. The summed E-state index contributed by atoms with van der Waals surface area (Å²) in [5.74, 6) is -2.38. The topological polar surface area (TPSA) is 44.1 Å². The largest absolute Gasteiger partial charge is 0.468 e. The minimum atomic E-state index is -1.06. The lowest BCUT2D eigenvalue weighted by molar-refractivity contribution is -0.141. The van der Waals surface area contributed by atoms with Crippen molar-refractivity contribution in [3.63, 3.8) is 0 Å². The van der Waals surface area contributed by atoms with E-state index >= 15 is 0 Å². The molecule has 102 valence electrons. The van der Waals surface area contributed by atoms with Crippen molar-refractivity contribution in [2.75, 3.05) is 7.11 Å². The van der Waals surface area contributed by atoms with Gasteiger partial charge >= 0.3 is 5.97 Å². The molecule has 0 radical (unpaired) electrons. The van der Waals surface area contributed by atoms with Crippen molar-refractivity contribution < 1.29 is 18.3 Å². The van der Waals surface area contributed by atoms with Gasteiger partial charge in [0, 0.05) is 0 Å². The quantitative estimate of drug-likeness (QED) is 0.644. The van der Waals surface area contributed by atoms with Crippen LogP contribution in [0.1, 0.15) is 18.1 Å². The number of imidazole rings is 1. The summed E-state index contributed by atoms with van der Waals surface area (Å²) in [4.78, 5) is 15.5. The van der Waals surface area contributed by atoms with Gasteiger partial charge in [-0.3, -0.25) is 4.79 Å². The standard InChI is InChI=1S/C12H11ClF2N2O2/c1-6(13)12-16-8-4-3-7(14)10(15)11(8)17(12)5-9(18)19-2/h3-4,6H,5H2,1-2H3. The van der Waals surface area contributed by atoms with Crippen LogP contribution >= 0.6 is 11.6 Å². The van der Waals surface area contributed by atoms with Crippen molar-refractivity contribution in [2.24, 2.45) is 0 Å². The number of carbonyl (C=O) groups is 1. The van der Waals surface area contributed by atoms with Crippen LogP contribution in [0, 0.1) is 11.6 Å². The summed E-state index contributed by atoms with van der Waals surface area (Å²) < 4.78 is 32.9. The third-order valence-electron chi connectivity index (χ3n) is 2.70. The van der Waals surface area contributed by atoms with Crippen LogP contribution in [0.3, 0.4) is 0 Å². The van der Waals surface area contributed by atoms with E-state index < -0.39 is 23.0 Å². The van der Waals surface area contributed by atoms with Crippen LogP contribution in [0.4, 0.5) is 8.78 Å². The minimum Gasteiger partial charge on any atom is -0.468 e. The molecule has 1 aromatic heterocycles. The van der Waals surface area contributed by atoms with E-state index in [4.69, 9.17) is 11.6 Å². The maximum absolute atomic E-state index is 13.9. The van der Waals surface area contributed by atoms with Crippen LogP contribution in [0.25, 0.3) is 11.0 Å². The van der Waals surface area contributed by atoms with E-state index in [0.717, 1.165) is 6.07 Å². The van der Waals surface area contributed by atoms with E-state index in [0.29, 0.717) is 0 Å². The van der Waals surface area contributed by atoms with Crippen LogP contribution in [-0.4, -0.2) is 22.6 Å². The third-order valence-corrected chi connectivity index (χ3v) is 2.90. The van der Waals surface area contributed by atoms with Gasteiger partial charge in [-0.15, -0.1) is 11.6 Å². The van der Waals surface area contributed by atoms with E-state index in [1.165, 1.54) is 17.7 Å². The number of benzene rings is 1. The zero-order valence-electron chi connectivity index (χ0n) is 10.3. The van der Waals surface area contributed by atoms with Crippen molar-refractivity contribution in [3.8, 4) is 0 Å². The normalized spacial score (nSPS) is 12.7. The van der Waals surface area contributed by atoms with Gasteiger partial charge in [0.25, 0.3) is 0 Å². The van der Waals surface area contributed by atoms with Crippen LogP contribution in [0.2, 0.25) is 0 Å².